The lowest BCUT2D eigenvalue weighted by atomic mass is 9.61. The van der Waals surface area contributed by atoms with Crippen molar-refractivity contribution in [1.82, 2.24) is 4.90 Å². The molecule has 4 fully saturated rings. The SMILES string of the molecule is N[C@@H]1C2CCC(CC2)[C@@H]1C(=O)N1CC[C@@H]2[C@H](C3C=CC=CC3)Nc3ccccc3[C@@H]21. The largest absolute Gasteiger partial charge is 0.381 e. The maximum absolute atomic E-state index is 13.9. The molecular weight excluding hydrogens is 370 g/mol. The first kappa shape index (κ1) is 18.7. The monoisotopic (exact) mass is 403 g/mol. The molecule has 0 spiro atoms. The highest BCUT2D eigenvalue weighted by atomic mass is 16.2. The molecule has 2 aliphatic heterocycles. The molecule has 0 aromatic heterocycles. The van der Waals surface area contributed by atoms with Gasteiger partial charge < -0.3 is 16.0 Å². The molecule has 6 aliphatic rings. The van der Waals surface area contributed by atoms with Crippen molar-refractivity contribution < 1.29 is 4.79 Å². The molecular formula is C26H33N3O. The molecule has 3 saturated carbocycles. The Morgan fingerprint density at radius 3 is 2.60 bits per heavy atom. The summed E-state index contributed by atoms with van der Waals surface area (Å²) in [4.78, 5) is 16.2. The van der Waals surface area contributed by atoms with Gasteiger partial charge in [-0.3, -0.25) is 4.79 Å². The van der Waals surface area contributed by atoms with Gasteiger partial charge in [0.05, 0.1) is 12.0 Å². The first-order chi connectivity index (χ1) is 14.7. The van der Waals surface area contributed by atoms with Crippen molar-refractivity contribution in [3.63, 3.8) is 0 Å². The Hall–Kier alpha value is -2.07. The second-order valence-corrected chi connectivity index (χ2v) is 10.2. The fourth-order valence-electron chi connectivity index (χ4n) is 7.36. The lowest BCUT2D eigenvalue weighted by Crippen LogP contribution is -2.56. The summed E-state index contributed by atoms with van der Waals surface area (Å²) >= 11 is 0. The van der Waals surface area contributed by atoms with Crippen LogP contribution >= 0.6 is 0 Å². The summed E-state index contributed by atoms with van der Waals surface area (Å²) in [6, 6.07) is 9.27. The van der Waals surface area contributed by atoms with Crippen molar-refractivity contribution in [2.45, 2.75) is 56.7 Å². The lowest BCUT2D eigenvalue weighted by Gasteiger charge is -2.49. The van der Waals surface area contributed by atoms with Crippen molar-refractivity contribution in [1.29, 1.82) is 0 Å². The van der Waals surface area contributed by atoms with Gasteiger partial charge in [0, 0.05) is 36.2 Å². The first-order valence-electron chi connectivity index (χ1n) is 12.0. The summed E-state index contributed by atoms with van der Waals surface area (Å²) in [7, 11) is 0. The maximum atomic E-state index is 13.9. The third kappa shape index (κ3) is 2.80. The van der Waals surface area contributed by atoms with Crippen LogP contribution in [0.15, 0.2) is 48.6 Å². The minimum atomic E-state index is 0.0363. The number of carbonyl (C=O) groups is 1. The number of nitrogens with one attached hydrogen (secondary N) is 1. The van der Waals surface area contributed by atoms with Crippen LogP contribution in [-0.2, 0) is 4.79 Å². The number of amides is 1. The standard InChI is InChI=1S/C26H33N3O/c27-23-17-12-10-16(11-13-17)22(23)26(30)29-15-14-20-24(18-6-2-1-3-7-18)28-21-9-5-4-8-19(21)25(20)29/h1-6,8-9,16-18,20,22-25,28H,7,10-15,27H2/t16?,17?,18?,20-,22+,23-,24+,25+/m1/s1. The minimum absolute atomic E-state index is 0.0363. The van der Waals surface area contributed by atoms with Gasteiger partial charge in [-0.1, -0.05) is 42.5 Å². The summed E-state index contributed by atoms with van der Waals surface area (Å²) in [6.07, 6.45) is 15.9. The van der Waals surface area contributed by atoms with Crippen LogP contribution < -0.4 is 11.1 Å². The molecule has 4 aliphatic carbocycles. The molecule has 1 saturated heterocycles. The number of para-hydroxylation sites is 1. The summed E-state index contributed by atoms with van der Waals surface area (Å²) in [5.41, 5.74) is 9.17. The van der Waals surface area contributed by atoms with E-state index in [9.17, 15) is 4.79 Å². The van der Waals surface area contributed by atoms with E-state index in [0.717, 1.165) is 19.4 Å². The molecule has 4 nitrogen and oxygen atoms in total. The average molecular weight is 404 g/mol. The summed E-state index contributed by atoms with van der Waals surface area (Å²) in [6.45, 7) is 0.869. The Balaban J connectivity index is 1.34. The van der Waals surface area contributed by atoms with Gasteiger partial charge in [-0.05, 0) is 62.0 Å². The molecule has 1 aromatic carbocycles. The number of rotatable bonds is 2. The number of fused-ring (bicyclic) bond motifs is 6. The molecule has 7 rings (SSSR count). The number of carbonyl (C=O) groups excluding carboxylic acids is 1. The van der Waals surface area contributed by atoms with Gasteiger partial charge >= 0.3 is 0 Å². The van der Waals surface area contributed by atoms with E-state index in [0.29, 0.717) is 35.6 Å². The summed E-state index contributed by atoms with van der Waals surface area (Å²) in [5, 5.41) is 3.87. The van der Waals surface area contributed by atoms with Gasteiger partial charge in [-0.2, -0.15) is 0 Å². The van der Waals surface area contributed by atoms with Gasteiger partial charge in [0.15, 0.2) is 0 Å². The van der Waals surface area contributed by atoms with E-state index in [4.69, 9.17) is 5.73 Å². The Bertz CT molecular complexity index is 882. The van der Waals surface area contributed by atoms with Crippen LogP contribution in [0.5, 0.6) is 0 Å². The predicted octanol–water partition coefficient (Wildman–Crippen LogP) is 4.27. The number of nitrogens with two attached hydrogens (primary N) is 1. The summed E-state index contributed by atoms with van der Waals surface area (Å²) in [5.74, 6) is 2.37. The third-order valence-corrected chi connectivity index (χ3v) is 8.83. The van der Waals surface area contributed by atoms with Crippen LogP contribution in [-0.4, -0.2) is 29.4 Å². The zero-order valence-corrected chi connectivity index (χ0v) is 17.6. The van der Waals surface area contributed by atoms with E-state index >= 15 is 0 Å². The molecule has 0 radical (unpaired) electrons. The molecule has 6 atom stereocenters. The summed E-state index contributed by atoms with van der Waals surface area (Å²) < 4.78 is 0. The number of hydrogen-bond donors (Lipinski definition) is 2. The fourth-order valence-corrected chi connectivity index (χ4v) is 7.36. The Kier molecular flexibility index (Phi) is 4.52. The number of likely N-dealkylation sites (tertiary alicyclic amines) is 1. The Labute approximate surface area is 179 Å². The molecule has 1 unspecified atom stereocenters. The van der Waals surface area contributed by atoms with Crippen LogP contribution in [0.25, 0.3) is 0 Å². The number of allylic oxidation sites excluding steroid dienone is 3. The minimum Gasteiger partial charge on any atom is -0.381 e. The van der Waals surface area contributed by atoms with Gasteiger partial charge in [0.25, 0.3) is 0 Å². The topological polar surface area (TPSA) is 58.4 Å². The molecule has 2 heterocycles. The second-order valence-electron chi connectivity index (χ2n) is 10.2. The van der Waals surface area contributed by atoms with Gasteiger partial charge in [0.2, 0.25) is 5.91 Å². The van der Waals surface area contributed by atoms with Crippen LogP contribution in [0, 0.1) is 29.6 Å². The molecule has 30 heavy (non-hydrogen) atoms. The van der Waals surface area contributed by atoms with E-state index in [1.54, 1.807) is 0 Å². The number of nitrogens with zero attached hydrogens (tertiary/aromatic N) is 1. The highest BCUT2D eigenvalue weighted by molar-refractivity contribution is 5.82. The molecule has 1 amide bonds. The van der Waals surface area contributed by atoms with Crippen molar-refractivity contribution in [3.8, 4) is 0 Å². The highest BCUT2D eigenvalue weighted by Gasteiger charge is 2.52. The van der Waals surface area contributed by atoms with Crippen LogP contribution in [0.3, 0.4) is 0 Å². The molecule has 3 N–H and O–H groups in total. The second kappa shape index (κ2) is 7.26. The van der Waals surface area contributed by atoms with Crippen molar-refractivity contribution in [2.24, 2.45) is 35.3 Å². The number of anilines is 1. The smallest absolute Gasteiger partial charge is 0.228 e. The van der Waals surface area contributed by atoms with E-state index in [2.05, 4.69) is 58.8 Å². The fraction of sp³-hybridized carbons (Fsp3) is 0.577. The normalized spacial score (nSPS) is 41.3. The van der Waals surface area contributed by atoms with Crippen LogP contribution in [0.4, 0.5) is 5.69 Å². The van der Waals surface area contributed by atoms with E-state index in [1.165, 1.54) is 36.9 Å². The molecule has 2 bridgehead atoms. The van der Waals surface area contributed by atoms with Crippen LogP contribution in [0.2, 0.25) is 0 Å². The number of hydrogen-bond acceptors (Lipinski definition) is 3. The number of benzene rings is 1. The van der Waals surface area contributed by atoms with Crippen molar-refractivity contribution in [2.75, 3.05) is 11.9 Å². The van der Waals surface area contributed by atoms with Gasteiger partial charge in [-0.15, -0.1) is 0 Å². The van der Waals surface area contributed by atoms with E-state index < -0.39 is 0 Å². The van der Waals surface area contributed by atoms with Crippen LogP contribution in [0.1, 0.15) is 50.1 Å². The van der Waals surface area contributed by atoms with Crippen molar-refractivity contribution in [3.05, 3.63) is 54.1 Å². The van der Waals surface area contributed by atoms with Gasteiger partial charge in [0.1, 0.15) is 0 Å². The Morgan fingerprint density at radius 2 is 1.83 bits per heavy atom. The maximum Gasteiger partial charge on any atom is 0.228 e. The van der Waals surface area contributed by atoms with E-state index in [1.807, 2.05) is 0 Å². The van der Waals surface area contributed by atoms with Gasteiger partial charge in [-0.25, -0.2) is 0 Å². The first-order valence-corrected chi connectivity index (χ1v) is 12.0. The molecule has 1 aromatic rings. The lowest BCUT2D eigenvalue weighted by molar-refractivity contribution is -0.143. The molecule has 158 valence electrons. The Morgan fingerprint density at radius 1 is 1.03 bits per heavy atom. The predicted molar refractivity (Wildman–Crippen MR) is 120 cm³/mol. The van der Waals surface area contributed by atoms with E-state index in [-0.39, 0.29) is 18.0 Å². The third-order valence-electron chi connectivity index (χ3n) is 8.83. The quantitative estimate of drug-likeness (QED) is 0.775. The zero-order chi connectivity index (χ0) is 20.2. The zero-order valence-electron chi connectivity index (χ0n) is 17.6. The van der Waals surface area contributed by atoms with Crippen molar-refractivity contribution >= 4 is 11.6 Å². The average Bonchev–Trinajstić information content (AvgIpc) is 3.25. The molecule has 4 heteroatoms. The highest BCUT2D eigenvalue weighted by Crippen LogP contribution is 2.51.